The summed E-state index contributed by atoms with van der Waals surface area (Å²) in [6.07, 6.45) is 4.23. The number of carbonyl (C=O) groups is 3. The summed E-state index contributed by atoms with van der Waals surface area (Å²) in [4.78, 5) is 44.6. The molecule has 2 bridgehead atoms. The average molecular weight is 652 g/mol. The number of allylic oxidation sites excluding steroid dienone is 4. The van der Waals surface area contributed by atoms with Crippen LogP contribution in [-0.2, 0) is 28.5 Å². The summed E-state index contributed by atoms with van der Waals surface area (Å²) in [5, 5.41) is 18.3. The maximum Gasteiger partial charge on any atom is 0.405 e. The number of amides is 2. The van der Waals surface area contributed by atoms with Gasteiger partial charge in [-0.05, 0) is 56.4 Å². The van der Waals surface area contributed by atoms with Crippen LogP contribution < -0.4 is 15.9 Å². The van der Waals surface area contributed by atoms with Crippen LogP contribution in [0.25, 0.3) is 0 Å². The first-order valence-corrected chi connectivity index (χ1v) is 15.3. The number of benzene rings is 1. The average Bonchev–Trinajstić information content (AvgIpc) is 3.05. The molecule has 2 aliphatic rings. The van der Waals surface area contributed by atoms with Crippen LogP contribution in [0.4, 0.5) is 4.79 Å². The van der Waals surface area contributed by atoms with E-state index in [-0.39, 0.29) is 40.7 Å². The second-order valence-electron chi connectivity index (χ2n) is 11.6. The van der Waals surface area contributed by atoms with Crippen LogP contribution in [0.1, 0.15) is 40.5 Å². The molecule has 1 aromatic carbocycles. The van der Waals surface area contributed by atoms with Crippen molar-refractivity contribution in [3.05, 3.63) is 88.9 Å². The van der Waals surface area contributed by atoms with Crippen LogP contribution in [0.15, 0.2) is 94.0 Å². The van der Waals surface area contributed by atoms with Crippen molar-refractivity contribution < 1.29 is 43.3 Å². The van der Waals surface area contributed by atoms with Crippen LogP contribution in [0.2, 0.25) is 0 Å². The fourth-order valence-electron chi connectivity index (χ4n) is 5.45. The quantitative estimate of drug-likeness (QED) is 0.231. The lowest BCUT2D eigenvalue weighted by Gasteiger charge is -2.30. The molecule has 0 saturated carbocycles. The Morgan fingerprint density at radius 1 is 1.06 bits per heavy atom. The Hall–Kier alpha value is -4.52. The number of nitrogens with zero attached hydrogens (tertiary/aromatic N) is 1. The molecule has 1 heterocycles. The molecule has 1 aromatic rings. The van der Waals surface area contributed by atoms with Gasteiger partial charge in [-0.25, -0.2) is 4.79 Å². The van der Waals surface area contributed by atoms with Crippen LogP contribution >= 0.6 is 0 Å². The number of hydrogen-bond donors (Lipinski definition) is 3. The Labute approximate surface area is 275 Å². The number of ketones is 1. The van der Waals surface area contributed by atoms with Crippen molar-refractivity contribution in [2.45, 2.75) is 65.0 Å². The number of oxime groups is 1. The molecule has 0 saturated heterocycles. The molecule has 47 heavy (non-hydrogen) atoms. The van der Waals surface area contributed by atoms with Gasteiger partial charge >= 0.3 is 6.09 Å². The van der Waals surface area contributed by atoms with E-state index in [0.717, 1.165) is 0 Å². The van der Waals surface area contributed by atoms with Gasteiger partial charge in [-0.2, -0.15) is 0 Å². The van der Waals surface area contributed by atoms with Gasteiger partial charge < -0.3 is 39.9 Å². The van der Waals surface area contributed by atoms with E-state index < -0.39 is 48.1 Å². The number of nitrogens with one attached hydrogen (secondary N) is 1. The first-order valence-electron chi connectivity index (χ1n) is 15.3. The largest absolute Gasteiger partial charge is 0.494 e. The fraction of sp³-hybridized carbons (Fsp3) is 0.429. The summed E-state index contributed by atoms with van der Waals surface area (Å²) < 4.78 is 22.4. The fourth-order valence-corrected chi connectivity index (χ4v) is 5.45. The lowest BCUT2D eigenvalue weighted by Crippen LogP contribution is -2.37. The third-order valence-electron chi connectivity index (χ3n) is 7.95. The zero-order valence-corrected chi connectivity index (χ0v) is 27.9. The number of nitrogens with two attached hydrogens (primary N) is 1. The van der Waals surface area contributed by atoms with E-state index >= 15 is 0 Å². The third-order valence-corrected chi connectivity index (χ3v) is 7.95. The van der Waals surface area contributed by atoms with E-state index in [4.69, 9.17) is 29.5 Å². The number of para-hydroxylation sites is 1. The number of hydrogen-bond acceptors (Lipinski definition) is 10. The van der Waals surface area contributed by atoms with Crippen LogP contribution in [0.5, 0.6) is 5.75 Å². The maximum atomic E-state index is 13.9. The number of aliphatic hydroxyl groups is 1. The molecular weight excluding hydrogens is 606 g/mol. The van der Waals surface area contributed by atoms with Gasteiger partial charge in [-0.3, -0.25) is 9.59 Å². The Kier molecular flexibility index (Phi) is 13.7. The van der Waals surface area contributed by atoms with Gasteiger partial charge in [0.2, 0.25) is 5.78 Å². The van der Waals surface area contributed by atoms with E-state index in [1.54, 1.807) is 56.3 Å². The number of carbonyl (C=O) groups excluding carboxylic acids is 3. The molecule has 0 radical (unpaired) electrons. The summed E-state index contributed by atoms with van der Waals surface area (Å²) in [6.45, 7) is 7.07. The normalized spacial score (nSPS) is 30.3. The van der Waals surface area contributed by atoms with Crippen molar-refractivity contribution in [3.8, 4) is 5.75 Å². The first-order chi connectivity index (χ1) is 22.4. The van der Waals surface area contributed by atoms with Crippen molar-refractivity contribution in [2.75, 3.05) is 21.3 Å². The van der Waals surface area contributed by atoms with Gasteiger partial charge in [-0.15, -0.1) is 0 Å². The standard InChI is InChI=1S/C35H45N3O9/c1-20-16-25-31(40)26(19-27(33(25)45-7)38-47-24-13-9-8-10-14-24)37-34(41)21(2)12-11-15-28(43-5)32(46-35(36)42)23(4)18-22(3)30(39)29(17-20)44-6/h8-15,18-20,22,28-30,32,39H,16-17H2,1-7H3,(H2,36,42)(H,37,41)/b15-11-,21-12+,23-18+,38-27+/t20-,22+,28+,29+,30-,32+/m1/s1. The third kappa shape index (κ3) is 9.98. The van der Waals surface area contributed by atoms with E-state index in [1.165, 1.54) is 33.5 Å². The predicted molar refractivity (Wildman–Crippen MR) is 176 cm³/mol. The molecule has 4 N–H and O–H groups in total. The molecule has 2 amide bonds. The number of rotatable bonds is 6. The first kappa shape index (κ1) is 36.9. The minimum atomic E-state index is -0.995. The van der Waals surface area contributed by atoms with Crippen molar-refractivity contribution in [2.24, 2.45) is 22.7 Å². The molecule has 1 aliphatic heterocycles. The van der Waals surface area contributed by atoms with E-state index in [2.05, 4.69) is 10.5 Å². The molecule has 3 rings (SSSR count). The number of aliphatic hydroxyl groups excluding tert-OH is 1. The zero-order chi connectivity index (χ0) is 34.7. The maximum absolute atomic E-state index is 13.9. The Bertz CT molecular complexity index is 1480. The monoisotopic (exact) mass is 651 g/mol. The van der Waals surface area contributed by atoms with Crippen LogP contribution in [-0.4, -0.2) is 74.3 Å². The molecule has 254 valence electrons. The molecule has 0 fully saturated rings. The van der Waals surface area contributed by atoms with Gasteiger partial charge in [0.25, 0.3) is 5.91 Å². The highest BCUT2D eigenvalue weighted by atomic mass is 16.6. The van der Waals surface area contributed by atoms with Gasteiger partial charge in [0, 0.05) is 31.3 Å². The molecule has 12 nitrogen and oxygen atoms in total. The van der Waals surface area contributed by atoms with Crippen LogP contribution in [0.3, 0.4) is 0 Å². The Morgan fingerprint density at radius 3 is 2.38 bits per heavy atom. The molecule has 0 aromatic heterocycles. The number of ether oxygens (including phenoxy) is 4. The second-order valence-corrected chi connectivity index (χ2v) is 11.6. The SMILES string of the molecule is COC1=C2C[C@@H](C)C[C@H](OC)[C@H](O)[C@@H](C)/C=C(\C)[C@H](OC(N)=O)[C@@H](OC)/C=C\C=C(/C)C(=O)NC(=C/C1=N\Oc1ccccc1)C2=O. The van der Waals surface area contributed by atoms with Gasteiger partial charge in [0.1, 0.15) is 11.8 Å². The Morgan fingerprint density at radius 2 is 1.77 bits per heavy atom. The number of Topliss-reactive ketones (excluding diaryl/α,β-unsaturated/α-hetero) is 1. The Balaban J connectivity index is 2.12. The van der Waals surface area contributed by atoms with Crippen LogP contribution in [0, 0.1) is 11.8 Å². The van der Waals surface area contributed by atoms with Gasteiger partial charge in [0.05, 0.1) is 25.0 Å². The van der Waals surface area contributed by atoms with Crippen molar-refractivity contribution in [3.63, 3.8) is 0 Å². The topological polar surface area (TPSA) is 168 Å². The lowest BCUT2D eigenvalue weighted by molar-refractivity contribution is -0.119. The van der Waals surface area contributed by atoms with Crippen molar-refractivity contribution in [1.82, 2.24) is 5.32 Å². The molecule has 0 unspecified atom stereocenters. The molecule has 0 spiro atoms. The number of methoxy groups -OCH3 is 3. The second kappa shape index (κ2) is 17.4. The highest BCUT2D eigenvalue weighted by Gasteiger charge is 2.33. The molecule has 1 aliphatic carbocycles. The van der Waals surface area contributed by atoms with E-state index in [9.17, 15) is 19.5 Å². The minimum absolute atomic E-state index is 0.00970. The highest BCUT2D eigenvalue weighted by molar-refractivity contribution is 6.24. The summed E-state index contributed by atoms with van der Waals surface area (Å²) in [6, 6.07) is 8.89. The summed E-state index contributed by atoms with van der Waals surface area (Å²) in [5.41, 5.74) is 6.74. The zero-order valence-electron chi connectivity index (χ0n) is 27.9. The van der Waals surface area contributed by atoms with Crippen molar-refractivity contribution in [1.29, 1.82) is 0 Å². The molecular formula is C35H45N3O9. The van der Waals surface area contributed by atoms with Crippen molar-refractivity contribution >= 4 is 23.5 Å². The van der Waals surface area contributed by atoms with E-state index in [0.29, 0.717) is 17.7 Å². The predicted octanol–water partition coefficient (Wildman–Crippen LogP) is 4.27. The van der Waals surface area contributed by atoms with Gasteiger partial charge in [0.15, 0.2) is 17.6 Å². The molecule has 12 heteroatoms. The molecule has 6 atom stereocenters. The minimum Gasteiger partial charge on any atom is -0.494 e. The van der Waals surface area contributed by atoms with E-state index in [1.807, 2.05) is 19.9 Å². The van der Waals surface area contributed by atoms with Gasteiger partial charge in [-0.1, -0.05) is 61.5 Å². The smallest absolute Gasteiger partial charge is 0.405 e. The summed E-state index contributed by atoms with van der Waals surface area (Å²) in [5.74, 6) is -0.919. The summed E-state index contributed by atoms with van der Waals surface area (Å²) >= 11 is 0. The number of fused-ring (bicyclic) bond motifs is 2. The lowest BCUT2D eigenvalue weighted by atomic mass is 9.85. The highest BCUT2D eigenvalue weighted by Crippen LogP contribution is 2.30. The number of primary amides is 1. The summed E-state index contributed by atoms with van der Waals surface area (Å²) in [7, 11) is 4.39.